The van der Waals surface area contributed by atoms with Crippen molar-refractivity contribution < 1.29 is 14.3 Å². The van der Waals surface area contributed by atoms with Gasteiger partial charge in [0.15, 0.2) is 5.75 Å². The number of nitrogens with one attached hydrogen (secondary N) is 1. The van der Waals surface area contributed by atoms with Crippen LogP contribution in [0.25, 0.3) is 0 Å². The molecule has 6 heteroatoms. The summed E-state index contributed by atoms with van der Waals surface area (Å²) in [6.45, 7) is 2.13. The number of nitrogens with zero attached hydrogens (tertiary/aromatic N) is 2. The maximum atomic E-state index is 13.1. The number of benzene rings is 1. The summed E-state index contributed by atoms with van der Waals surface area (Å²) in [5.74, 6) is 0.808. The monoisotopic (exact) mass is 365 g/mol. The Kier molecular flexibility index (Phi) is 4.79. The van der Waals surface area contributed by atoms with Gasteiger partial charge in [0.05, 0.1) is 5.69 Å². The predicted molar refractivity (Wildman–Crippen MR) is 102 cm³/mol. The summed E-state index contributed by atoms with van der Waals surface area (Å²) in [6.07, 6.45) is 6.05. The molecule has 1 aliphatic heterocycles. The molecule has 0 spiro atoms. The quantitative estimate of drug-likeness (QED) is 0.903. The summed E-state index contributed by atoms with van der Waals surface area (Å²) in [6, 6.07) is 10.8. The van der Waals surface area contributed by atoms with Gasteiger partial charge in [-0.25, -0.2) is 4.98 Å². The minimum atomic E-state index is -0.283. The van der Waals surface area contributed by atoms with Crippen molar-refractivity contribution in [3.05, 3.63) is 48.2 Å². The Balaban J connectivity index is 1.60. The fourth-order valence-electron chi connectivity index (χ4n) is 3.84. The van der Waals surface area contributed by atoms with Gasteiger partial charge in [0.25, 0.3) is 5.91 Å². The average molecular weight is 365 g/mol. The maximum absolute atomic E-state index is 13.1. The molecule has 1 aromatic carbocycles. The Morgan fingerprint density at radius 3 is 2.89 bits per heavy atom. The molecular weight excluding hydrogens is 342 g/mol. The van der Waals surface area contributed by atoms with Gasteiger partial charge in [0.2, 0.25) is 11.8 Å². The van der Waals surface area contributed by atoms with Crippen molar-refractivity contribution in [2.45, 2.75) is 38.6 Å². The van der Waals surface area contributed by atoms with Gasteiger partial charge in [-0.2, -0.15) is 0 Å². The highest BCUT2D eigenvalue weighted by Crippen LogP contribution is 2.37. The van der Waals surface area contributed by atoms with Crippen molar-refractivity contribution in [1.29, 1.82) is 0 Å². The van der Waals surface area contributed by atoms with E-state index in [1.807, 2.05) is 12.1 Å². The fraction of sp³-hybridized carbons (Fsp3) is 0.381. The molecule has 6 nitrogen and oxygen atoms in total. The Morgan fingerprint density at radius 1 is 1.22 bits per heavy atom. The molecule has 140 valence electrons. The van der Waals surface area contributed by atoms with Crippen LogP contribution in [0.4, 0.5) is 5.69 Å². The highest BCUT2D eigenvalue weighted by atomic mass is 16.5. The number of pyridine rings is 1. The molecule has 1 saturated carbocycles. The molecule has 2 aliphatic rings. The maximum Gasteiger partial charge on any atom is 0.264 e. The van der Waals surface area contributed by atoms with Crippen LogP contribution >= 0.6 is 0 Å². The summed E-state index contributed by atoms with van der Waals surface area (Å²) in [7, 11) is 0. The van der Waals surface area contributed by atoms with Crippen LogP contribution in [0.15, 0.2) is 42.6 Å². The fourth-order valence-corrected chi connectivity index (χ4v) is 3.84. The summed E-state index contributed by atoms with van der Waals surface area (Å²) in [5, 5.41) is 3.12. The Labute approximate surface area is 158 Å². The van der Waals surface area contributed by atoms with Gasteiger partial charge in [-0.05, 0) is 43.0 Å². The number of amides is 2. The van der Waals surface area contributed by atoms with Gasteiger partial charge < -0.3 is 10.1 Å². The number of fused-ring (bicyclic) bond motifs is 2. The number of aromatic nitrogens is 1. The van der Waals surface area contributed by atoms with E-state index < -0.39 is 0 Å². The zero-order valence-corrected chi connectivity index (χ0v) is 15.4. The van der Waals surface area contributed by atoms with Crippen molar-refractivity contribution in [3.63, 3.8) is 0 Å². The second-order valence-electron chi connectivity index (χ2n) is 7.25. The third-order valence-corrected chi connectivity index (χ3v) is 5.37. The van der Waals surface area contributed by atoms with Crippen LogP contribution in [0.3, 0.4) is 0 Å². The van der Waals surface area contributed by atoms with Gasteiger partial charge in [0.1, 0.15) is 12.1 Å². The Morgan fingerprint density at radius 2 is 2.04 bits per heavy atom. The Bertz CT molecular complexity index is 867. The van der Waals surface area contributed by atoms with Gasteiger partial charge in [-0.3, -0.25) is 14.5 Å². The van der Waals surface area contributed by atoms with E-state index in [2.05, 4.69) is 17.2 Å². The van der Waals surface area contributed by atoms with Crippen LogP contribution in [0.2, 0.25) is 0 Å². The first-order chi connectivity index (χ1) is 13.1. The topological polar surface area (TPSA) is 71.5 Å². The molecule has 2 amide bonds. The van der Waals surface area contributed by atoms with E-state index >= 15 is 0 Å². The molecule has 0 bridgehead atoms. The number of carbonyl (C=O) groups excluding carboxylic acids is 2. The molecule has 27 heavy (non-hydrogen) atoms. The molecule has 1 aliphatic carbocycles. The normalized spacial score (nSPS) is 21.5. The molecule has 4 rings (SSSR count). The van der Waals surface area contributed by atoms with Gasteiger partial charge in [-0.15, -0.1) is 0 Å². The number of ether oxygens (including phenoxy) is 1. The van der Waals surface area contributed by atoms with Crippen molar-refractivity contribution in [1.82, 2.24) is 10.3 Å². The number of anilines is 1. The van der Waals surface area contributed by atoms with E-state index in [1.165, 1.54) is 11.3 Å². The number of hydrogen-bond donors (Lipinski definition) is 1. The molecule has 2 heterocycles. The van der Waals surface area contributed by atoms with Crippen LogP contribution in [0.1, 0.15) is 43.0 Å². The smallest absolute Gasteiger partial charge is 0.264 e. The van der Waals surface area contributed by atoms with Gasteiger partial charge >= 0.3 is 0 Å². The molecule has 2 aromatic rings. The zero-order chi connectivity index (χ0) is 18.8. The lowest BCUT2D eigenvalue weighted by Gasteiger charge is -2.30. The standard InChI is InChI=1S/C21H23N3O3/c1-14-7-2-3-9-16(14)23-19(25)13-24-17-10-4-5-11-18(17)27-20-15(21(24)26)8-6-12-22-20/h4-6,8,10-12,14,16H,2-3,7,9,13H2,1H3,(H,23,25)/t14-,16+/m1/s1. The SMILES string of the molecule is C[C@@H]1CCCC[C@@H]1NC(=O)CN1C(=O)c2cccnc2Oc2ccccc21. The first kappa shape index (κ1) is 17.5. The lowest BCUT2D eigenvalue weighted by atomic mass is 9.86. The number of hydrogen-bond acceptors (Lipinski definition) is 4. The van der Waals surface area contributed by atoms with E-state index in [0.29, 0.717) is 22.9 Å². The van der Waals surface area contributed by atoms with E-state index in [1.54, 1.807) is 30.5 Å². The lowest BCUT2D eigenvalue weighted by Crippen LogP contribution is -2.47. The predicted octanol–water partition coefficient (Wildman–Crippen LogP) is 3.53. The molecular formula is C21H23N3O3. The third-order valence-electron chi connectivity index (χ3n) is 5.37. The van der Waals surface area contributed by atoms with Crippen LogP contribution in [-0.2, 0) is 4.79 Å². The van der Waals surface area contributed by atoms with E-state index in [-0.39, 0.29) is 30.3 Å². The number of carbonyl (C=O) groups is 2. The molecule has 0 unspecified atom stereocenters. The molecule has 1 N–H and O–H groups in total. The van der Waals surface area contributed by atoms with Crippen molar-refractivity contribution >= 4 is 17.5 Å². The number of para-hydroxylation sites is 2. The summed E-state index contributed by atoms with van der Waals surface area (Å²) in [5.41, 5.74) is 0.930. The average Bonchev–Trinajstić information content (AvgIpc) is 2.79. The van der Waals surface area contributed by atoms with Crippen molar-refractivity contribution in [2.75, 3.05) is 11.4 Å². The second kappa shape index (κ2) is 7.39. The van der Waals surface area contributed by atoms with Gasteiger partial charge in [-0.1, -0.05) is 31.9 Å². The summed E-state index contributed by atoms with van der Waals surface area (Å²) in [4.78, 5) is 31.5. The summed E-state index contributed by atoms with van der Waals surface area (Å²) < 4.78 is 5.85. The van der Waals surface area contributed by atoms with E-state index in [4.69, 9.17) is 4.74 Å². The Hall–Kier alpha value is -2.89. The zero-order valence-electron chi connectivity index (χ0n) is 15.4. The highest BCUT2D eigenvalue weighted by molar-refractivity contribution is 6.11. The van der Waals surface area contributed by atoms with Crippen LogP contribution in [-0.4, -0.2) is 29.4 Å². The van der Waals surface area contributed by atoms with Crippen molar-refractivity contribution in [2.24, 2.45) is 5.92 Å². The van der Waals surface area contributed by atoms with Crippen molar-refractivity contribution in [3.8, 4) is 11.6 Å². The van der Waals surface area contributed by atoms with Crippen LogP contribution in [0, 0.1) is 5.92 Å². The lowest BCUT2D eigenvalue weighted by molar-refractivity contribution is -0.121. The molecule has 2 atom stereocenters. The summed E-state index contributed by atoms with van der Waals surface area (Å²) >= 11 is 0. The second-order valence-corrected chi connectivity index (χ2v) is 7.25. The molecule has 1 fully saturated rings. The van der Waals surface area contributed by atoms with Gasteiger partial charge in [0, 0.05) is 12.2 Å². The highest BCUT2D eigenvalue weighted by Gasteiger charge is 2.31. The molecule has 1 aromatic heterocycles. The molecule has 0 saturated heterocycles. The van der Waals surface area contributed by atoms with E-state index in [9.17, 15) is 9.59 Å². The van der Waals surface area contributed by atoms with E-state index in [0.717, 1.165) is 19.3 Å². The minimum Gasteiger partial charge on any atom is -0.436 e. The number of rotatable bonds is 3. The first-order valence-corrected chi connectivity index (χ1v) is 9.46. The first-order valence-electron chi connectivity index (χ1n) is 9.46. The minimum absolute atomic E-state index is 0.0449. The van der Waals surface area contributed by atoms with Crippen LogP contribution < -0.4 is 15.0 Å². The largest absolute Gasteiger partial charge is 0.436 e. The third kappa shape index (κ3) is 3.52. The molecule has 0 radical (unpaired) electrons. The van der Waals surface area contributed by atoms with Crippen LogP contribution in [0.5, 0.6) is 11.6 Å².